The Hall–Kier alpha value is -2.18. The van der Waals surface area contributed by atoms with Crippen molar-refractivity contribution in [2.45, 2.75) is 13.8 Å². The van der Waals surface area contributed by atoms with Crippen LogP contribution in [0.1, 0.15) is 11.4 Å². The summed E-state index contributed by atoms with van der Waals surface area (Å²) in [6, 6.07) is 0. The largest absolute Gasteiger partial charge is 0.480 e. The number of aromatic nitrogens is 2. The van der Waals surface area contributed by atoms with Gasteiger partial charge in [0.1, 0.15) is 18.9 Å². The normalized spacial score (nSPS) is 10.0. The maximum absolute atomic E-state index is 10.6. The number of aryl methyl sites for hydroxylation is 2. The minimum atomic E-state index is -1.12. The summed E-state index contributed by atoms with van der Waals surface area (Å²) in [6.45, 7) is 2.64. The lowest BCUT2D eigenvalue weighted by Crippen LogP contribution is -2.35. The molecule has 1 aromatic rings. The standard InChI is InChI=1S/C10H13N3O4/c1-6-7(2)12-8(3-11-6)13(4-9(14)15)5-10(16)17/h3H,4-5H2,1-2H3,(H,14,15)(H,16,17). The van der Waals surface area contributed by atoms with Gasteiger partial charge in [-0.05, 0) is 13.8 Å². The molecule has 1 rings (SSSR count). The monoisotopic (exact) mass is 239 g/mol. The van der Waals surface area contributed by atoms with Crippen molar-refractivity contribution in [3.05, 3.63) is 17.6 Å². The Morgan fingerprint density at radius 1 is 1.18 bits per heavy atom. The average molecular weight is 239 g/mol. The summed E-state index contributed by atoms with van der Waals surface area (Å²) in [4.78, 5) is 30.6. The lowest BCUT2D eigenvalue weighted by Gasteiger charge is -2.19. The predicted octanol–water partition coefficient (Wildman–Crippen LogP) is 0.0690. The van der Waals surface area contributed by atoms with Crippen LogP contribution in [0.3, 0.4) is 0 Å². The van der Waals surface area contributed by atoms with Crippen molar-refractivity contribution in [1.29, 1.82) is 0 Å². The molecular formula is C10H13N3O4. The fraction of sp³-hybridized carbons (Fsp3) is 0.400. The number of nitrogens with zero attached hydrogens (tertiary/aromatic N) is 3. The molecular weight excluding hydrogens is 226 g/mol. The van der Waals surface area contributed by atoms with Crippen LogP contribution in [0, 0.1) is 13.8 Å². The Morgan fingerprint density at radius 3 is 2.12 bits per heavy atom. The van der Waals surface area contributed by atoms with E-state index in [9.17, 15) is 9.59 Å². The van der Waals surface area contributed by atoms with Crippen LogP contribution < -0.4 is 4.90 Å². The lowest BCUT2D eigenvalue weighted by atomic mass is 10.3. The summed E-state index contributed by atoms with van der Waals surface area (Å²) in [7, 11) is 0. The van der Waals surface area contributed by atoms with Gasteiger partial charge in [-0.15, -0.1) is 0 Å². The van der Waals surface area contributed by atoms with Crippen molar-refractivity contribution < 1.29 is 19.8 Å². The molecule has 17 heavy (non-hydrogen) atoms. The van der Waals surface area contributed by atoms with Crippen molar-refractivity contribution in [2.75, 3.05) is 18.0 Å². The number of hydrogen-bond acceptors (Lipinski definition) is 5. The molecule has 0 aliphatic carbocycles. The Bertz CT molecular complexity index is 431. The predicted molar refractivity (Wildman–Crippen MR) is 59.0 cm³/mol. The number of carboxylic acids is 2. The highest BCUT2D eigenvalue weighted by molar-refractivity contribution is 5.78. The fourth-order valence-corrected chi connectivity index (χ4v) is 1.23. The second-order valence-electron chi connectivity index (χ2n) is 3.54. The van der Waals surface area contributed by atoms with Crippen LogP contribution in [-0.4, -0.2) is 45.2 Å². The van der Waals surface area contributed by atoms with Crippen molar-refractivity contribution in [2.24, 2.45) is 0 Å². The van der Waals surface area contributed by atoms with E-state index >= 15 is 0 Å². The van der Waals surface area contributed by atoms with Gasteiger partial charge in [-0.2, -0.15) is 0 Å². The highest BCUT2D eigenvalue weighted by Gasteiger charge is 2.16. The molecule has 1 aromatic heterocycles. The third-order valence-electron chi connectivity index (χ3n) is 2.16. The van der Waals surface area contributed by atoms with Crippen LogP contribution in [0.25, 0.3) is 0 Å². The second-order valence-corrected chi connectivity index (χ2v) is 3.54. The third-order valence-corrected chi connectivity index (χ3v) is 2.16. The second kappa shape index (κ2) is 5.24. The zero-order valence-electron chi connectivity index (χ0n) is 9.54. The molecule has 7 heteroatoms. The summed E-state index contributed by atoms with van der Waals surface area (Å²) in [5.74, 6) is -1.99. The first kappa shape index (κ1) is 12.9. The zero-order valence-corrected chi connectivity index (χ0v) is 9.54. The first-order chi connectivity index (χ1) is 7.90. The minimum absolute atomic E-state index is 0.248. The highest BCUT2D eigenvalue weighted by atomic mass is 16.4. The van der Waals surface area contributed by atoms with Crippen molar-refractivity contribution in [3.63, 3.8) is 0 Å². The van der Waals surface area contributed by atoms with Gasteiger partial charge < -0.3 is 15.1 Å². The van der Waals surface area contributed by atoms with Crippen LogP contribution in [0.2, 0.25) is 0 Å². The summed E-state index contributed by atoms with van der Waals surface area (Å²) >= 11 is 0. The molecule has 0 fully saturated rings. The van der Waals surface area contributed by atoms with Crippen LogP contribution in [-0.2, 0) is 9.59 Å². The molecule has 0 aliphatic rings. The first-order valence-electron chi connectivity index (χ1n) is 4.89. The van der Waals surface area contributed by atoms with E-state index in [2.05, 4.69) is 9.97 Å². The fourth-order valence-electron chi connectivity index (χ4n) is 1.23. The van der Waals surface area contributed by atoms with E-state index in [0.717, 1.165) is 10.6 Å². The van der Waals surface area contributed by atoms with Gasteiger partial charge in [0.2, 0.25) is 0 Å². The maximum Gasteiger partial charge on any atom is 0.323 e. The summed E-state index contributed by atoms with van der Waals surface area (Å²) in [5, 5.41) is 17.4. The Morgan fingerprint density at radius 2 is 1.71 bits per heavy atom. The number of rotatable bonds is 5. The van der Waals surface area contributed by atoms with Gasteiger partial charge in [-0.1, -0.05) is 0 Å². The zero-order chi connectivity index (χ0) is 13.0. The van der Waals surface area contributed by atoms with E-state index in [1.54, 1.807) is 13.8 Å². The molecule has 0 atom stereocenters. The molecule has 0 spiro atoms. The van der Waals surface area contributed by atoms with Gasteiger partial charge in [0, 0.05) is 0 Å². The Kier molecular flexibility index (Phi) is 3.97. The van der Waals surface area contributed by atoms with Gasteiger partial charge in [0.25, 0.3) is 0 Å². The van der Waals surface area contributed by atoms with Crippen molar-refractivity contribution in [3.8, 4) is 0 Å². The molecule has 0 radical (unpaired) electrons. The number of carbonyl (C=O) groups is 2. The molecule has 0 saturated heterocycles. The smallest absolute Gasteiger partial charge is 0.323 e. The molecule has 0 saturated carbocycles. The summed E-state index contributed by atoms with van der Waals surface area (Å²) in [6.07, 6.45) is 1.37. The maximum atomic E-state index is 10.6. The van der Waals surface area contributed by atoms with E-state index < -0.39 is 25.0 Å². The SMILES string of the molecule is Cc1ncc(N(CC(=O)O)CC(=O)O)nc1C. The topological polar surface area (TPSA) is 104 Å². The van der Waals surface area contributed by atoms with E-state index in [1.165, 1.54) is 6.20 Å². The molecule has 7 nitrogen and oxygen atoms in total. The molecule has 2 N–H and O–H groups in total. The summed E-state index contributed by atoms with van der Waals surface area (Å²) in [5.41, 5.74) is 1.36. The number of anilines is 1. The Labute approximate surface area is 97.7 Å². The van der Waals surface area contributed by atoms with Crippen LogP contribution >= 0.6 is 0 Å². The van der Waals surface area contributed by atoms with Gasteiger partial charge in [0.05, 0.1) is 17.6 Å². The van der Waals surface area contributed by atoms with Crippen LogP contribution in [0.15, 0.2) is 6.20 Å². The van der Waals surface area contributed by atoms with Gasteiger partial charge in [-0.3, -0.25) is 14.6 Å². The number of aliphatic carboxylic acids is 2. The van der Waals surface area contributed by atoms with Gasteiger partial charge in [-0.25, -0.2) is 4.98 Å². The van der Waals surface area contributed by atoms with Crippen molar-refractivity contribution in [1.82, 2.24) is 9.97 Å². The lowest BCUT2D eigenvalue weighted by molar-refractivity contribution is -0.136. The van der Waals surface area contributed by atoms with Crippen molar-refractivity contribution >= 4 is 17.8 Å². The Balaban J connectivity index is 2.98. The molecule has 1 heterocycles. The van der Waals surface area contributed by atoms with E-state index in [-0.39, 0.29) is 5.82 Å². The average Bonchev–Trinajstić information content (AvgIpc) is 2.19. The molecule has 0 aromatic carbocycles. The summed E-state index contributed by atoms with van der Waals surface area (Å²) < 4.78 is 0. The minimum Gasteiger partial charge on any atom is -0.480 e. The van der Waals surface area contributed by atoms with Gasteiger partial charge in [0.15, 0.2) is 0 Å². The molecule has 0 aliphatic heterocycles. The van der Waals surface area contributed by atoms with E-state index in [4.69, 9.17) is 10.2 Å². The van der Waals surface area contributed by atoms with E-state index in [0.29, 0.717) is 5.69 Å². The highest BCUT2D eigenvalue weighted by Crippen LogP contribution is 2.11. The number of hydrogen-bond donors (Lipinski definition) is 2. The molecule has 0 amide bonds. The molecule has 92 valence electrons. The third kappa shape index (κ3) is 3.71. The van der Waals surface area contributed by atoms with Crippen LogP contribution in [0.5, 0.6) is 0 Å². The number of carboxylic acid groups (broad SMARTS) is 2. The van der Waals surface area contributed by atoms with Crippen LogP contribution in [0.4, 0.5) is 5.82 Å². The first-order valence-corrected chi connectivity index (χ1v) is 4.89. The quantitative estimate of drug-likeness (QED) is 0.749. The van der Waals surface area contributed by atoms with E-state index in [1.807, 2.05) is 0 Å². The molecule has 0 unspecified atom stereocenters. The van der Waals surface area contributed by atoms with Gasteiger partial charge >= 0.3 is 11.9 Å². The molecule has 0 bridgehead atoms.